The molecule has 1 radical (unpaired) electrons. The molecule has 3 heteroatoms. The van der Waals surface area contributed by atoms with Crippen LogP contribution in [0.1, 0.15) is 5.56 Å². The van der Waals surface area contributed by atoms with E-state index in [2.05, 4.69) is 6.92 Å². The number of hydrogen-bond donors (Lipinski definition) is 1. The molecule has 2 nitrogen and oxygen atoms in total. The third-order valence-corrected chi connectivity index (χ3v) is 1.75. The summed E-state index contributed by atoms with van der Waals surface area (Å²) in [6.45, 7) is 3.57. The molecule has 0 aromatic heterocycles. The number of methoxy groups -OCH3 is 1. The highest BCUT2D eigenvalue weighted by Crippen LogP contribution is 2.35. The van der Waals surface area contributed by atoms with E-state index in [1.807, 2.05) is 0 Å². The number of phenolic OH excluding ortho intramolecular Hbond substituents is 1. The zero-order chi connectivity index (χ0) is 8.43. The van der Waals surface area contributed by atoms with E-state index in [1.54, 1.807) is 12.1 Å². The van der Waals surface area contributed by atoms with Crippen LogP contribution in [0.15, 0.2) is 12.1 Å². The molecule has 0 aliphatic heterocycles. The molecule has 1 rings (SSSR count). The van der Waals surface area contributed by atoms with Crippen LogP contribution in [0.3, 0.4) is 0 Å². The van der Waals surface area contributed by atoms with Crippen molar-refractivity contribution in [1.82, 2.24) is 0 Å². The molecular formula is C8H8ClO2. The fourth-order valence-electron chi connectivity index (χ4n) is 0.744. The zero-order valence-electron chi connectivity index (χ0n) is 6.10. The largest absolute Gasteiger partial charge is 0.506 e. The minimum Gasteiger partial charge on any atom is -0.506 e. The summed E-state index contributed by atoms with van der Waals surface area (Å²) in [5.74, 6) is 0.433. The van der Waals surface area contributed by atoms with Gasteiger partial charge in [-0.3, -0.25) is 0 Å². The van der Waals surface area contributed by atoms with Gasteiger partial charge in [0.1, 0.15) is 16.5 Å². The molecule has 0 aliphatic rings. The molecule has 11 heavy (non-hydrogen) atoms. The minimum absolute atomic E-state index is 0.0222. The predicted octanol–water partition coefficient (Wildman–Crippen LogP) is 2.24. The molecular weight excluding hydrogens is 164 g/mol. The van der Waals surface area contributed by atoms with Crippen LogP contribution >= 0.6 is 11.6 Å². The van der Waals surface area contributed by atoms with Gasteiger partial charge in [-0.05, 0) is 18.6 Å². The van der Waals surface area contributed by atoms with Gasteiger partial charge in [0.05, 0.1) is 7.11 Å². The van der Waals surface area contributed by atoms with Gasteiger partial charge in [-0.15, -0.1) is 0 Å². The summed E-state index contributed by atoms with van der Waals surface area (Å²) in [7, 11) is 1.49. The van der Waals surface area contributed by atoms with Crippen molar-refractivity contribution < 1.29 is 9.84 Å². The Bertz CT molecular complexity index is 271. The SMILES string of the molecule is [CH2]c1ccc(OC)c(Cl)c1O. The van der Waals surface area contributed by atoms with Crippen LogP contribution in [-0.2, 0) is 0 Å². The van der Waals surface area contributed by atoms with Crippen LogP contribution in [0, 0.1) is 6.92 Å². The molecule has 0 saturated heterocycles. The minimum atomic E-state index is -0.0222. The molecule has 0 spiro atoms. The summed E-state index contributed by atoms with van der Waals surface area (Å²) in [5, 5.41) is 9.45. The van der Waals surface area contributed by atoms with E-state index in [-0.39, 0.29) is 10.8 Å². The van der Waals surface area contributed by atoms with Gasteiger partial charge >= 0.3 is 0 Å². The highest BCUT2D eigenvalue weighted by molar-refractivity contribution is 6.33. The summed E-state index contributed by atoms with van der Waals surface area (Å²) in [6.07, 6.45) is 0. The van der Waals surface area contributed by atoms with Crippen LogP contribution < -0.4 is 4.74 Å². The van der Waals surface area contributed by atoms with E-state index < -0.39 is 0 Å². The Morgan fingerprint density at radius 1 is 1.55 bits per heavy atom. The summed E-state index contributed by atoms with van der Waals surface area (Å²) >= 11 is 5.68. The lowest BCUT2D eigenvalue weighted by molar-refractivity contribution is 0.407. The Morgan fingerprint density at radius 3 is 2.73 bits per heavy atom. The first-order chi connectivity index (χ1) is 5.16. The predicted molar refractivity (Wildman–Crippen MR) is 44.1 cm³/mol. The molecule has 0 heterocycles. The van der Waals surface area contributed by atoms with Gasteiger partial charge in [0.15, 0.2) is 0 Å². The van der Waals surface area contributed by atoms with Crippen LogP contribution in [0.2, 0.25) is 5.02 Å². The molecule has 0 bridgehead atoms. The Balaban J connectivity index is 3.25. The number of halogens is 1. The van der Waals surface area contributed by atoms with Crippen molar-refractivity contribution >= 4 is 11.6 Å². The van der Waals surface area contributed by atoms with Gasteiger partial charge in [0.25, 0.3) is 0 Å². The first-order valence-corrected chi connectivity index (χ1v) is 3.42. The lowest BCUT2D eigenvalue weighted by atomic mass is 10.2. The maximum absolute atomic E-state index is 9.24. The van der Waals surface area contributed by atoms with Gasteiger partial charge in [0.2, 0.25) is 0 Å². The second-order valence-corrected chi connectivity index (χ2v) is 2.47. The summed E-state index contributed by atoms with van der Waals surface area (Å²) in [5.41, 5.74) is 0.496. The lowest BCUT2D eigenvalue weighted by Crippen LogP contribution is -1.85. The maximum Gasteiger partial charge on any atom is 0.141 e. The fourth-order valence-corrected chi connectivity index (χ4v) is 1.01. The Morgan fingerprint density at radius 2 is 2.18 bits per heavy atom. The van der Waals surface area contributed by atoms with Gasteiger partial charge < -0.3 is 9.84 Å². The number of benzene rings is 1. The molecule has 59 valence electrons. The third-order valence-electron chi connectivity index (χ3n) is 1.38. The molecule has 1 aromatic rings. The van der Waals surface area contributed by atoms with E-state index in [0.29, 0.717) is 11.3 Å². The summed E-state index contributed by atoms with van der Waals surface area (Å²) in [4.78, 5) is 0. The topological polar surface area (TPSA) is 29.5 Å². The first kappa shape index (κ1) is 8.21. The van der Waals surface area contributed by atoms with E-state index in [1.165, 1.54) is 7.11 Å². The summed E-state index contributed by atoms with van der Waals surface area (Å²) < 4.78 is 4.86. The molecule has 1 aromatic carbocycles. The van der Waals surface area contributed by atoms with Crippen LogP contribution in [0.25, 0.3) is 0 Å². The van der Waals surface area contributed by atoms with Crippen molar-refractivity contribution in [2.24, 2.45) is 0 Å². The highest BCUT2D eigenvalue weighted by Gasteiger charge is 2.07. The number of rotatable bonds is 1. The monoisotopic (exact) mass is 171 g/mol. The molecule has 0 aliphatic carbocycles. The van der Waals surface area contributed by atoms with Gasteiger partial charge in [-0.2, -0.15) is 0 Å². The smallest absolute Gasteiger partial charge is 0.141 e. The molecule has 0 saturated carbocycles. The first-order valence-electron chi connectivity index (χ1n) is 3.04. The molecule has 0 atom stereocenters. The van der Waals surface area contributed by atoms with Crippen molar-refractivity contribution in [3.63, 3.8) is 0 Å². The third kappa shape index (κ3) is 1.40. The molecule has 0 fully saturated rings. The molecule has 0 amide bonds. The van der Waals surface area contributed by atoms with Crippen LogP contribution in [-0.4, -0.2) is 12.2 Å². The van der Waals surface area contributed by atoms with Crippen molar-refractivity contribution in [1.29, 1.82) is 0 Å². The standard InChI is InChI=1S/C8H8ClO2/c1-5-3-4-6(11-2)7(9)8(5)10/h3-4,10H,1H2,2H3. The molecule has 0 unspecified atom stereocenters. The Hall–Kier alpha value is -0.890. The average Bonchev–Trinajstić information content (AvgIpc) is 2.01. The van der Waals surface area contributed by atoms with E-state index in [0.717, 1.165) is 0 Å². The number of aromatic hydroxyl groups is 1. The second-order valence-electron chi connectivity index (χ2n) is 2.09. The second kappa shape index (κ2) is 3.01. The van der Waals surface area contributed by atoms with Crippen molar-refractivity contribution in [2.45, 2.75) is 0 Å². The van der Waals surface area contributed by atoms with E-state index in [4.69, 9.17) is 16.3 Å². The van der Waals surface area contributed by atoms with Crippen molar-refractivity contribution in [3.8, 4) is 11.5 Å². The van der Waals surface area contributed by atoms with E-state index >= 15 is 0 Å². The van der Waals surface area contributed by atoms with Crippen molar-refractivity contribution in [3.05, 3.63) is 29.6 Å². The highest BCUT2D eigenvalue weighted by atomic mass is 35.5. The van der Waals surface area contributed by atoms with Gasteiger partial charge in [-0.1, -0.05) is 17.7 Å². The Kier molecular flexibility index (Phi) is 2.25. The van der Waals surface area contributed by atoms with E-state index in [9.17, 15) is 5.11 Å². The number of ether oxygens (including phenoxy) is 1. The quantitative estimate of drug-likeness (QED) is 0.702. The molecule has 1 N–H and O–H groups in total. The number of hydrogen-bond acceptors (Lipinski definition) is 2. The van der Waals surface area contributed by atoms with Gasteiger partial charge in [-0.25, -0.2) is 0 Å². The average molecular weight is 172 g/mol. The lowest BCUT2D eigenvalue weighted by Gasteiger charge is -2.05. The van der Waals surface area contributed by atoms with Gasteiger partial charge in [0, 0.05) is 0 Å². The zero-order valence-corrected chi connectivity index (χ0v) is 6.85. The van der Waals surface area contributed by atoms with Crippen LogP contribution in [0.4, 0.5) is 0 Å². The Labute approximate surface area is 70.4 Å². The van der Waals surface area contributed by atoms with Crippen molar-refractivity contribution in [2.75, 3.05) is 7.11 Å². The number of phenols is 1. The maximum atomic E-state index is 9.24. The van der Waals surface area contributed by atoms with Crippen LogP contribution in [0.5, 0.6) is 11.5 Å². The summed E-state index contributed by atoms with van der Waals surface area (Å²) in [6, 6.07) is 3.30. The normalized spacial score (nSPS) is 9.73. The fraction of sp³-hybridized carbons (Fsp3) is 0.125.